The van der Waals surface area contributed by atoms with Gasteiger partial charge >= 0.3 is 12.4 Å². The second-order valence-corrected chi connectivity index (χ2v) is 6.46. The highest BCUT2D eigenvalue weighted by Crippen LogP contribution is 2.38. The number of aldehydes is 1. The van der Waals surface area contributed by atoms with Crippen LogP contribution < -0.4 is 14.2 Å². The summed E-state index contributed by atoms with van der Waals surface area (Å²) in [6.45, 7) is -3.94. The maximum atomic E-state index is 14.5. The number of halogens is 8. The molecule has 0 heterocycles. The van der Waals surface area contributed by atoms with Crippen molar-refractivity contribution < 1.29 is 49.4 Å². The number of rotatable bonds is 8. The molecule has 164 valence electrons. The Labute approximate surface area is 168 Å². The van der Waals surface area contributed by atoms with Gasteiger partial charge in [-0.2, -0.15) is 26.3 Å². The molecule has 0 aliphatic heterocycles. The number of alkyl halides is 6. The average molecular weight is 461 g/mol. The number of hydrogen-bond donors (Lipinski definition) is 1. The lowest BCUT2D eigenvalue weighted by Gasteiger charge is -2.17. The monoisotopic (exact) mass is 461 g/mol. The van der Waals surface area contributed by atoms with Crippen LogP contribution in [0.4, 0.5) is 40.8 Å². The van der Waals surface area contributed by atoms with Crippen LogP contribution in [-0.2, 0) is 0 Å². The number of benzene rings is 2. The molecular formula is C17H11F8NO3S. The van der Waals surface area contributed by atoms with Crippen LogP contribution in [0.3, 0.4) is 0 Å². The van der Waals surface area contributed by atoms with E-state index in [1.54, 1.807) is 0 Å². The lowest BCUT2D eigenvalue weighted by Crippen LogP contribution is -2.21. The van der Waals surface area contributed by atoms with Crippen LogP contribution in [0.5, 0.6) is 11.5 Å². The van der Waals surface area contributed by atoms with Crippen molar-refractivity contribution in [2.45, 2.75) is 17.2 Å². The first-order valence-electron chi connectivity index (χ1n) is 7.79. The van der Waals surface area contributed by atoms with Gasteiger partial charge in [0.2, 0.25) is 0 Å². The Bertz CT molecular complexity index is 860. The van der Waals surface area contributed by atoms with Gasteiger partial charge in [-0.05, 0) is 24.1 Å². The molecule has 2 aromatic rings. The summed E-state index contributed by atoms with van der Waals surface area (Å²) in [6, 6.07) is 5.90. The van der Waals surface area contributed by atoms with Gasteiger partial charge in [0.05, 0.1) is 0 Å². The van der Waals surface area contributed by atoms with E-state index in [0.717, 1.165) is 0 Å². The zero-order valence-electron chi connectivity index (χ0n) is 14.5. The molecule has 0 saturated heterocycles. The third-order valence-electron chi connectivity index (χ3n) is 3.18. The minimum Gasteiger partial charge on any atom is -0.481 e. The van der Waals surface area contributed by atoms with E-state index < -0.39 is 54.4 Å². The lowest BCUT2D eigenvalue weighted by molar-refractivity contribution is -0.154. The highest BCUT2D eigenvalue weighted by Gasteiger charge is 2.32. The van der Waals surface area contributed by atoms with Gasteiger partial charge in [-0.3, -0.25) is 4.79 Å². The molecule has 0 radical (unpaired) electrons. The van der Waals surface area contributed by atoms with Crippen LogP contribution in [0.2, 0.25) is 0 Å². The molecule has 0 spiro atoms. The third kappa shape index (κ3) is 6.97. The Hall–Kier alpha value is -2.70. The summed E-state index contributed by atoms with van der Waals surface area (Å²) in [5.74, 6) is -5.57. The molecule has 0 saturated carbocycles. The standard InChI is InChI=1S/C17H11F8NO3S/c18-13-11(28-7-16(20,21)22)5-12(29-8-17(23,24)25)14(19)15(13)26-30-10-3-1-2-9(4-10)6-27/h1-6,26H,7-8H2. The van der Waals surface area contributed by atoms with Crippen molar-refractivity contribution in [2.75, 3.05) is 17.9 Å². The van der Waals surface area contributed by atoms with Crippen molar-refractivity contribution in [3.8, 4) is 11.5 Å². The van der Waals surface area contributed by atoms with E-state index in [1.165, 1.54) is 24.3 Å². The van der Waals surface area contributed by atoms with Crippen molar-refractivity contribution in [3.05, 3.63) is 47.5 Å². The molecule has 30 heavy (non-hydrogen) atoms. The molecule has 4 nitrogen and oxygen atoms in total. The molecule has 0 aromatic heterocycles. The summed E-state index contributed by atoms with van der Waals surface area (Å²) in [5, 5.41) is 0. The summed E-state index contributed by atoms with van der Waals surface area (Å²) in [6.07, 6.45) is -9.27. The predicted octanol–water partition coefficient (Wildman–Crippen LogP) is 5.78. The molecule has 0 fully saturated rings. The normalized spacial score (nSPS) is 11.9. The van der Waals surface area contributed by atoms with E-state index in [9.17, 15) is 39.9 Å². The molecule has 2 rings (SSSR count). The van der Waals surface area contributed by atoms with Crippen molar-refractivity contribution >= 4 is 23.9 Å². The predicted molar refractivity (Wildman–Crippen MR) is 90.8 cm³/mol. The summed E-state index contributed by atoms with van der Waals surface area (Å²) in [7, 11) is 0. The Morgan fingerprint density at radius 2 is 1.43 bits per heavy atom. The molecule has 0 bridgehead atoms. The molecule has 0 atom stereocenters. The van der Waals surface area contributed by atoms with Crippen LogP contribution in [0.1, 0.15) is 10.4 Å². The molecule has 1 N–H and O–H groups in total. The fraction of sp³-hybridized carbons (Fsp3) is 0.235. The summed E-state index contributed by atoms with van der Waals surface area (Å²) < 4.78 is 114. The summed E-state index contributed by atoms with van der Waals surface area (Å²) >= 11 is 0.552. The number of nitrogens with one attached hydrogen (secondary N) is 1. The smallest absolute Gasteiger partial charge is 0.422 e. The molecule has 0 amide bonds. The van der Waals surface area contributed by atoms with Gasteiger partial charge in [0, 0.05) is 16.5 Å². The zero-order chi connectivity index (χ0) is 22.5. The molecule has 0 aliphatic rings. The minimum absolute atomic E-state index is 0.221. The second kappa shape index (κ2) is 9.41. The van der Waals surface area contributed by atoms with Crippen molar-refractivity contribution in [2.24, 2.45) is 0 Å². The first-order valence-corrected chi connectivity index (χ1v) is 8.60. The number of ether oxygens (including phenoxy) is 2. The first-order chi connectivity index (χ1) is 13.9. The fourth-order valence-corrected chi connectivity index (χ4v) is 2.71. The van der Waals surface area contributed by atoms with Gasteiger partial charge in [-0.25, -0.2) is 8.78 Å². The average Bonchev–Trinajstić information content (AvgIpc) is 2.65. The molecule has 0 unspecified atom stereocenters. The van der Waals surface area contributed by atoms with Gasteiger partial charge in [0.25, 0.3) is 0 Å². The van der Waals surface area contributed by atoms with Crippen molar-refractivity contribution in [1.29, 1.82) is 0 Å². The van der Waals surface area contributed by atoms with Gasteiger partial charge in [-0.1, -0.05) is 12.1 Å². The van der Waals surface area contributed by atoms with Gasteiger partial charge in [-0.15, -0.1) is 0 Å². The highest BCUT2D eigenvalue weighted by molar-refractivity contribution is 8.00. The summed E-state index contributed by atoms with van der Waals surface area (Å²) in [4.78, 5) is 11.0. The zero-order valence-corrected chi connectivity index (χ0v) is 15.4. The van der Waals surface area contributed by atoms with Gasteiger partial charge in [0.15, 0.2) is 36.3 Å². The molecular weight excluding hydrogens is 450 g/mol. The van der Waals surface area contributed by atoms with E-state index in [2.05, 4.69) is 14.2 Å². The Morgan fingerprint density at radius 3 is 1.90 bits per heavy atom. The van der Waals surface area contributed by atoms with Crippen molar-refractivity contribution in [1.82, 2.24) is 0 Å². The van der Waals surface area contributed by atoms with E-state index in [1.807, 2.05) is 0 Å². The first kappa shape index (κ1) is 23.6. The quantitative estimate of drug-likeness (QED) is 0.307. The highest BCUT2D eigenvalue weighted by atomic mass is 32.2. The van der Waals surface area contributed by atoms with Gasteiger partial charge < -0.3 is 14.2 Å². The van der Waals surface area contributed by atoms with Crippen LogP contribution in [-0.4, -0.2) is 31.9 Å². The van der Waals surface area contributed by atoms with E-state index in [4.69, 9.17) is 0 Å². The van der Waals surface area contributed by atoms with E-state index in [0.29, 0.717) is 18.2 Å². The number of anilines is 1. The van der Waals surface area contributed by atoms with Crippen LogP contribution in [0.15, 0.2) is 35.2 Å². The second-order valence-electron chi connectivity index (χ2n) is 5.58. The Morgan fingerprint density at radius 1 is 0.900 bits per heavy atom. The van der Waals surface area contributed by atoms with Crippen LogP contribution in [0, 0.1) is 11.6 Å². The minimum atomic E-state index is -4.88. The number of carbonyl (C=O) groups excluding carboxylic acids is 1. The van der Waals surface area contributed by atoms with E-state index >= 15 is 0 Å². The largest absolute Gasteiger partial charge is 0.481 e. The molecule has 2 aromatic carbocycles. The third-order valence-corrected chi connectivity index (χ3v) is 3.98. The number of carbonyl (C=O) groups is 1. The summed E-state index contributed by atoms with van der Waals surface area (Å²) in [5.41, 5.74) is -0.868. The Kier molecular flexibility index (Phi) is 7.39. The Balaban J connectivity index is 2.35. The molecule has 0 aliphatic carbocycles. The lowest BCUT2D eigenvalue weighted by atomic mass is 10.2. The van der Waals surface area contributed by atoms with Crippen LogP contribution in [0.25, 0.3) is 0 Å². The SMILES string of the molecule is O=Cc1cccc(SNc2c(F)c(OCC(F)(F)F)cc(OCC(F)(F)F)c2F)c1. The van der Waals surface area contributed by atoms with Gasteiger partial charge in [0.1, 0.15) is 12.0 Å². The maximum absolute atomic E-state index is 14.5. The van der Waals surface area contributed by atoms with E-state index in [-0.39, 0.29) is 16.5 Å². The molecule has 13 heteroatoms. The maximum Gasteiger partial charge on any atom is 0.422 e. The van der Waals surface area contributed by atoms with Crippen LogP contribution >= 0.6 is 11.9 Å². The fourth-order valence-electron chi connectivity index (χ4n) is 1.97. The number of hydrogen-bond acceptors (Lipinski definition) is 5. The topological polar surface area (TPSA) is 47.6 Å². The van der Waals surface area contributed by atoms with Crippen molar-refractivity contribution in [3.63, 3.8) is 0 Å².